The van der Waals surface area contributed by atoms with Crippen LogP contribution in [-0.4, -0.2) is 55.9 Å². The number of piperidine rings is 1. The molecule has 2 aromatic heterocycles. The van der Waals surface area contributed by atoms with Gasteiger partial charge in [-0.3, -0.25) is 34.1 Å². The third-order valence-electron chi connectivity index (χ3n) is 8.32. The first-order valence-corrected chi connectivity index (χ1v) is 14.8. The Morgan fingerprint density at radius 3 is 2.53 bits per heavy atom. The van der Waals surface area contributed by atoms with E-state index < -0.39 is 29.7 Å². The van der Waals surface area contributed by atoms with Crippen LogP contribution in [0.4, 0.5) is 5.69 Å². The Morgan fingerprint density at radius 1 is 0.884 bits per heavy atom. The number of carbonyl (C=O) groups is 4. The standard InChI is InChI=1S/C33H34N6O4/c1-20-29(26-15-14-22-10-5-6-12-24(22)35-26)21(2)38(37-20)19-8-4-3-7-18-34-25-13-9-11-23-30(25)33(43)39(32(23)42)27-16-17-28(40)36-31(27)41/h5-6,9-15,27,34H,3-4,7-8,16-19H2,1-2H3,(H,36,40,41). The molecule has 2 aliphatic rings. The van der Waals surface area contributed by atoms with Crippen molar-refractivity contribution < 1.29 is 19.2 Å². The predicted molar refractivity (Wildman–Crippen MR) is 163 cm³/mol. The van der Waals surface area contributed by atoms with Gasteiger partial charge in [0.15, 0.2) is 0 Å². The minimum Gasteiger partial charge on any atom is -0.384 e. The lowest BCUT2D eigenvalue weighted by Crippen LogP contribution is -2.54. The summed E-state index contributed by atoms with van der Waals surface area (Å²) in [5, 5.41) is 11.5. The van der Waals surface area contributed by atoms with Gasteiger partial charge in [-0.15, -0.1) is 0 Å². The third kappa shape index (κ3) is 5.40. The van der Waals surface area contributed by atoms with Crippen LogP contribution >= 0.6 is 0 Å². The van der Waals surface area contributed by atoms with Crippen LogP contribution in [0.2, 0.25) is 0 Å². The summed E-state index contributed by atoms with van der Waals surface area (Å²) in [6.07, 6.45) is 4.13. The van der Waals surface area contributed by atoms with Crippen LogP contribution in [0, 0.1) is 13.8 Å². The Balaban J connectivity index is 1.01. The number of imide groups is 2. The smallest absolute Gasteiger partial charge is 0.264 e. The minimum absolute atomic E-state index is 0.0946. The molecule has 43 heavy (non-hydrogen) atoms. The van der Waals surface area contributed by atoms with E-state index in [1.54, 1.807) is 18.2 Å². The largest absolute Gasteiger partial charge is 0.384 e. The molecular weight excluding hydrogens is 544 g/mol. The predicted octanol–water partition coefficient (Wildman–Crippen LogP) is 4.79. The van der Waals surface area contributed by atoms with Crippen LogP contribution in [0.3, 0.4) is 0 Å². The second kappa shape index (κ2) is 11.8. The first-order chi connectivity index (χ1) is 20.8. The van der Waals surface area contributed by atoms with Gasteiger partial charge in [-0.25, -0.2) is 4.98 Å². The number of rotatable bonds is 10. The summed E-state index contributed by atoms with van der Waals surface area (Å²) in [5.41, 5.74) is 6.26. The van der Waals surface area contributed by atoms with Gasteiger partial charge in [0.25, 0.3) is 11.8 Å². The van der Waals surface area contributed by atoms with Gasteiger partial charge in [-0.05, 0) is 57.4 Å². The number of benzene rings is 2. The third-order valence-corrected chi connectivity index (χ3v) is 8.32. The highest BCUT2D eigenvalue weighted by Crippen LogP contribution is 2.32. The van der Waals surface area contributed by atoms with Crippen LogP contribution in [0.15, 0.2) is 54.6 Å². The van der Waals surface area contributed by atoms with Crippen molar-refractivity contribution in [3.05, 3.63) is 77.1 Å². The number of nitrogens with zero attached hydrogens (tertiary/aromatic N) is 4. The Labute approximate surface area is 249 Å². The van der Waals surface area contributed by atoms with Gasteiger partial charge in [-0.2, -0.15) is 5.10 Å². The fourth-order valence-corrected chi connectivity index (χ4v) is 6.12. The molecule has 2 aromatic carbocycles. The van der Waals surface area contributed by atoms with E-state index in [4.69, 9.17) is 10.1 Å². The van der Waals surface area contributed by atoms with E-state index in [1.807, 2.05) is 25.1 Å². The van der Waals surface area contributed by atoms with Gasteiger partial charge in [-0.1, -0.05) is 43.2 Å². The molecule has 4 amide bonds. The number of nitrogens with one attached hydrogen (secondary N) is 2. The summed E-state index contributed by atoms with van der Waals surface area (Å²) in [6, 6.07) is 16.4. The number of anilines is 1. The zero-order chi connectivity index (χ0) is 30.1. The number of hydrogen-bond donors (Lipinski definition) is 2. The fraction of sp³-hybridized carbons (Fsp3) is 0.333. The zero-order valence-electron chi connectivity index (χ0n) is 24.4. The zero-order valence-corrected chi connectivity index (χ0v) is 24.4. The second-order valence-corrected chi connectivity index (χ2v) is 11.2. The van der Waals surface area contributed by atoms with Crippen molar-refractivity contribution in [1.82, 2.24) is 25.0 Å². The molecule has 6 rings (SSSR count). The lowest BCUT2D eigenvalue weighted by molar-refractivity contribution is -0.136. The Bertz CT molecular complexity index is 1760. The first-order valence-electron chi connectivity index (χ1n) is 14.8. The fourth-order valence-electron chi connectivity index (χ4n) is 6.12. The molecule has 10 heteroatoms. The van der Waals surface area contributed by atoms with E-state index in [-0.39, 0.29) is 18.4 Å². The summed E-state index contributed by atoms with van der Waals surface area (Å²) in [7, 11) is 0. The molecule has 1 fully saturated rings. The van der Waals surface area contributed by atoms with Gasteiger partial charge in [0.05, 0.1) is 28.0 Å². The summed E-state index contributed by atoms with van der Waals surface area (Å²) >= 11 is 0. The van der Waals surface area contributed by atoms with E-state index in [9.17, 15) is 19.2 Å². The molecular formula is C33H34N6O4. The highest BCUT2D eigenvalue weighted by Gasteiger charge is 2.45. The molecule has 2 aliphatic heterocycles. The maximum atomic E-state index is 13.3. The molecule has 10 nitrogen and oxygen atoms in total. The molecule has 0 bridgehead atoms. The molecule has 1 unspecified atom stereocenters. The molecule has 220 valence electrons. The lowest BCUT2D eigenvalue weighted by atomic mass is 10.0. The van der Waals surface area contributed by atoms with E-state index >= 15 is 0 Å². The minimum atomic E-state index is -0.972. The molecule has 1 saturated heterocycles. The lowest BCUT2D eigenvalue weighted by Gasteiger charge is -2.27. The van der Waals surface area contributed by atoms with Crippen molar-refractivity contribution in [2.45, 2.75) is 65.0 Å². The number of aryl methyl sites for hydroxylation is 2. The van der Waals surface area contributed by atoms with E-state index in [0.717, 1.165) is 70.7 Å². The molecule has 4 aromatic rings. The maximum absolute atomic E-state index is 13.3. The Hall–Kier alpha value is -4.86. The highest BCUT2D eigenvalue weighted by atomic mass is 16.2. The SMILES string of the molecule is Cc1nn(CCCCCCNc2cccc3c2C(=O)N(C2CCC(=O)NC2=O)C3=O)c(C)c1-c1ccc2ccccc2n1. The number of hydrogen-bond acceptors (Lipinski definition) is 7. The summed E-state index contributed by atoms with van der Waals surface area (Å²) in [6.45, 7) is 5.60. The van der Waals surface area contributed by atoms with Crippen LogP contribution in [0.1, 0.15) is 70.6 Å². The molecule has 2 N–H and O–H groups in total. The second-order valence-electron chi connectivity index (χ2n) is 11.2. The molecule has 0 saturated carbocycles. The number of aromatic nitrogens is 3. The monoisotopic (exact) mass is 578 g/mol. The van der Waals surface area contributed by atoms with Gasteiger partial charge in [0.1, 0.15) is 6.04 Å². The quantitative estimate of drug-likeness (QED) is 0.205. The number of amides is 4. The molecule has 0 radical (unpaired) electrons. The number of pyridine rings is 1. The Morgan fingerprint density at radius 2 is 1.70 bits per heavy atom. The van der Waals surface area contributed by atoms with Crippen molar-refractivity contribution >= 4 is 40.2 Å². The number of unbranched alkanes of at least 4 members (excludes halogenated alkanes) is 3. The topological polar surface area (TPSA) is 126 Å². The van der Waals surface area contributed by atoms with Crippen LogP contribution in [-0.2, 0) is 16.1 Å². The molecule has 0 aliphatic carbocycles. The van der Waals surface area contributed by atoms with E-state index in [1.165, 1.54) is 0 Å². The van der Waals surface area contributed by atoms with Crippen molar-refractivity contribution in [1.29, 1.82) is 0 Å². The molecule has 1 atom stereocenters. The van der Waals surface area contributed by atoms with Crippen molar-refractivity contribution in [2.24, 2.45) is 0 Å². The van der Waals surface area contributed by atoms with Crippen molar-refractivity contribution in [2.75, 3.05) is 11.9 Å². The number of fused-ring (bicyclic) bond motifs is 2. The summed E-state index contributed by atoms with van der Waals surface area (Å²) < 4.78 is 2.07. The van der Waals surface area contributed by atoms with Crippen LogP contribution in [0.25, 0.3) is 22.2 Å². The van der Waals surface area contributed by atoms with E-state index in [0.29, 0.717) is 17.8 Å². The van der Waals surface area contributed by atoms with Crippen molar-refractivity contribution in [3.8, 4) is 11.3 Å². The normalized spacial score (nSPS) is 16.6. The number of para-hydroxylation sites is 1. The van der Waals surface area contributed by atoms with Crippen LogP contribution < -0.4 is 10.6 Å². The van der Waals surface area contributed by atoms with Crippen LogP contribution in [0.5, 0.6) is 0 Å². The first kappa shape index (κ1) is 28.3. The summed E-state index contributed by atoms with van der Waals surface area (Å²) in [4.78, 5) is 56.0. The maximum Gasteiger partial charge on any atom is 0.264 e. The van der Waals surface area contributed by atoms with Gasteiger partial charge in [0, 0.05) is 41.8 Å². The van der Waals surface area contributed by atoms with E-state index in [2.05, 4.69) is 40.4 Å². The molecule has 0 spiro atoms. The van der Waals surface area contributed by atoms with Gasteiger partial charge >= 0.3 is 0 Å². The van der Waals surface area contributed by atoms with Gasteiger partial charge < -0.3 is 5.32 Å². The van der Waals surface area contributed by atoms with Crippen molar-refractivity contribution in [3.63, 3.8) is 0 Å². The van der Waals surface area contributed by atoms with Gasteiger partial charge in [0.2, 0.25) is 11.8 Å². The number of carbonyl (C=O) groups excluding carboxylic acids is 4. The Kier molecular flexibility index (Phi) is 7.75. The average molecular weight is 579 g/mol. The molecule has 4 heterocycles. The average Bonchev–Trinajstić information content (AvgIpc) is 3.43. The highest BCUT2D eigenvalue weighted by molar-refractivity contribution is 6.25. The summed E-state index contributed by atoms with van der Waals surface area (Å²) in [5.74, 6) is -2.00.